The number of aromatic nitrogens is 4. The molecule has 3 heterocycles. The molecule has 11 nitrogen and oxygen atoms in total. The Hall–Kier alpha value is -3.77. The molecule has 2 aromatic heterocycles. The maximum absolute atomic E-state index is 12.1. The number of nitrogens with one attached hydrogen (secondary N) is 2. The Kier molecular flexibility index (Phi) is 10.00. The Morgan fingerprint density at radius 2 is 1.64 bits per heavy atom. The number of benzene rings is 2. The molecule has 1 aliphatic heterocycles. The highest BCUT2D eigenvalue weighted by Crippen LogP contribution is 2.35. The molecule has 0 spiro atoms. The van der Waals surface area contributed by atoms with E-state index < -0.39 is 24.3 Å². The molecular weight excluding hydrogens is 580 g/mol. The molecule has 4 atom stereocenters. The molecule has 0 radical (unpaired) electrons. The van der Waals surface area contributed by atoms with Crippen LogP contribution in [-0.4, -0.2) is 79.6 Å². The van der Waals surface area contributed by atoms with Crippen LogP contribution in [0.15, 0.2) is 67.0 Å². The number of anilines is 2. The van der Waals surface area contributed by atoms with Gasteiger partial charge in [-0.2, -0.15) is 9.97 Å². The minimum atomic E-state index is -1.10. The summed E-state index contributed by atoms with van der Waals surface area (Å²) in [5.41, 5.74) is 9.71. The SMILES string of the molecule is CCC(=O)N[C@H]1C[C@@H](n2cnc3c(NCC(c4ccccc4)c4ccccc4)nc(N4CCC(N)CC4)nc32)[C@H](O)[C@@H]1O.Cl. The lowest BCUT2D eigenvalue weighted by molar-refractivity contribution is -0.122. The van der Waals surface area contributed by atoms with E-state index in [1.807, 2.05) is 41.0 Å². The van der Waals surface area contributed by atoms with Crippen LogP contribution in [0.25, 0.3) is 11.2 Å². The second-order valence-electron chi connectivity index (χ2n) is 11.6. The third kappa shape index (κ3) is 6.51. The van der Waals surface area contributed by atoms with Crippen molar-refractivity contribution in [3.05, 3.63) is 78.1 Å². The van der Waals surface area contributed by atoms with Gasteiger partial charge in [0, 0.05) is 38.0 Å². The van der Waals surface area contributed by atoms with Crippen molar-refractivity contribution >= 4 is 41.2 Å². The Morgan fingerprint density at radius 1 is 1.00 bits per heavy atom. The van der Waals surface area contributed by atoms with Gasteiger partial charge in [-0.25, -0.2) is 4.98 Å². The average Bonchev–Trinajstić information content (AvgIpc) is 3.58. The number of halogens is 1. The Balaban J connectivity index is 0.00000384. The number of amides is 1. The molecule has 12 heteroatoms. The molecule has 1 amide bonds. The zero-order valence-electron chi connectivity index (χ0n) is 24.8. The highest BCUT2D eigenvalue weighted by Gasteiger charge is 2.43. The largest absolute Gasteiger partial charge is 0.388 e. The van der Waals surface area contributed by atoms with E-state index in [0.29, 0.717) is 42.3 Å². The molecule has 2 aliphatic rings. The van der Waals surface area contributed by atoms with E-state index in [0.717, 1.165) is 25.9 Å². The fourth-order valence-corrected chi connectivity index (χ4v) is 6.25. The number of hydrogen-bond acceptors (Lipinski definition) is 9. The smallest absolute Gasteiger partial charge is 0.229 e. The number of piperidine rings is 1. The molecule has 6 rings (SSSR count). The molecule has 0 unspecified atom stereocenters. The van der Waals surface area contributed by atoms with Crippen molar-refractivity contribution in [2.24, 2.45) is 5.73 Å². The van der Waals surface area contributed by atoms with Crippen molar-refractivity contribution in [2.45, 2.75) is 68.9 Å². The zero-order valence-corrected chi connectivity index (χ0v) is 25.6. The summed E-state index contributed by atoms with van der Waals surface area (Å²) in [7, 11) is 0. The molecule has 6 N–H and O–H groups in total. The lowest BCUT2D eigenvalue weighted by Crippen LogP contribution is -2.42. The molecule has 1 aliphatic carbocycles. The van der Waals surface area contributed by atoms with Crippen LogP contribution in [0.5, 0.6) is 0 Å². The van der Waals surface area contributed by atoms with E-state index >= 15 is 0 Å². The van der Waals surface area contributed by atoms with E-state index in [1.165, 1.54) is 11.1 Å². The van der Waals surface area contributed by atoms with E-state index in [2.05, 4.69) is 39.8 Å². The fourth-order valence-electron chi connectivity index (χ4n) is 6.25. The Labute approximate surface area is 263 Å². The predicted octanol–water partition coefficient (Wildman–Crippen LogP) is 2.98. The first-order valence-corrected chi connectivity index (χ1v) is 15.2. The predicted molar refractivity (Wildman–Crippen MR) is 173 cm³/mol. The lowest BCUT2D eigenvalue weighted by atomic mass is 9.91. The van der Waals surface area contributed by atoms with Crippen molar-refractivity contribution in [2.75, 3.05) is 29.9 Å². The third-order valence-electron chi connectivity index (χ3n) is 8.79. The average molecular weight is 621 g/mol. The van der Waals surface area contributed by atoms with Crippen LogP contribution in [0.1, 0.15) is 55.7 Å². The first-order chi connectivity index (χ1) is 20.9. The fraction of sp³-hybridized carbons (Fsp3) is 0.438. The minimum Gasteiger partial charge on any atom is -0.388 e. The first kappa shape index (κ1) is 31.6. The highest BCUT2D eigenvalue weighted by atomic mass is 35.5. The van der Waals surface area contributed by atoms with Crippen LogP contribution in [0.2, 0.25) is 0 Å². The quantitative estimate of drug-likeness (QED) is 0.190. The van der Waals surface area contributed by atoms with Crippen molar-refractivity contribution in [1.82, 2.24) is 24.8 Å². The van der Waals surface area contributed by atoms with E-state index in [-0.39, 0.29) is 30.3 Å². The Morgan fingerprint density at radius 3 is 2.25 bits per heavy atom. The number of nitrogens with two attached hydrogens (primary N) is 1. The number of carbonyl (C=O) groups excluding carboxylic acids is 1. The van der Waals surface area contributed by atoms with Gasteiger partial charge < -0.3 is 36.0 Å². The standard InChI is InChI=1S/C32H40N8O3.ClH/c1-2-26(41)36-24-17-25(29(43)28(24)42)40-19-35-27-30(37-32(38-31(27)40)39-15-13-22(33)14-16-39)34-18-23(20-9-5-3-6-10-20)21-11-7-4-8-12-21;/h3-12,19,22-25,28-29,42-43H,2,13-18,33H2,1H3,(H,36,41)(H,34,37,38);1H/t24-,25+,28+,29-;/m0./s1. The van der Waals surface area contributed by atoms with Gasteiger partial charge in [-0.1, -0.05) is 67.6 Å². The highest BCUT2D eigenvalue weighted by molar-refractivity contribution is 5.85. The van der Waals surface area contributed by atoms with Crippen molar-refractivity contribution < 1.29 is 15.0 Å². The van der Waals surface area contributed by atoms with Crippen LogP contribution < -0.4 is 21.3 Å². The number of carbonyl (C=O) groups is 1. The van der Waals surface area contributed by atoms with Gasteiger partial charge in [-0.15, -0.1) is 12.4 Å². The number of rotatable bonds is 9. The monoisotopic (exact) mass is 620 g/mol. The summed E-state index contributed by atoms with van der Waals surface area (Å²) in [5, 5.41) is 28.3. The van der Waals surface area contributed by atoms with Crippen LogP contribution in [0, 0.1) is 0 Å². The van der Waals surface area contributed by atoms with Crippen molar-refractivity contribution in [1.29, 1.82) is 0 Å². The van der Waals surface area contributed by atoms with Gasteiger partial charge in [-0.3, -0.25) is 4.79 Å². The maximum atomic E-state index is 12.1. The van der Waals surface area contributed by atoms with Crippen LogP contribution in [-0.2, 0) is 4.79 Å². The molecule has 4 aromatic rings. The number of hydrogen-bond donors (Lipinski definition) is 5. The van der Waals surface area contributed by atoms with Crippen molar-refractivity contribution in [3.8, 4) is 0 Å². The zero-order chi connectivity index (χ0) is 29.9. The van der Waals surface area contributed by atoms with E-state index in [4.69, 9.17) is 20.7 Å². The van der Waals surface area contributed by atoms with Gasteiger partial charge in [0.15, 0.2) is 17.0 Å². The topological polar surface area (TPSA) is 154 Å². The molecule has 1 saturated carbocycles. The van der Waals surface area contributed by atoms with Crippen LogP contribution in [0.4, 0.5) is 11.8 Å². The molecular formula is C32H41ClN8O3. The number of aliphatic hydroxyl groups excluding tert-OH is 2. The van der Waals surface area contributed by atoms with Gasteiger partial charge in [0.1, 0.15) is 12.2 Å². The van der Waals surface area contributed by atoms with Crippen LogP contribution in [0.3, 0.4) is 0 Å². The summed E-state index contributed by atoms with van der Waals surface area (Å²) < 4.78 is 1.82. The van der Waals surface area contributed by atoms with E-state index in [1.54, 1.807) is 13.3 Å². The number of imidazole rings is 1. The van der Waals surface area contributed by atoms with E-state index in [9.17, 15) is 15.0 Å². The molecule has 234 valence electrons. The van der Waals surface area contributed by atoms with Gasteiger partial charge in [-0.05, 0) is 30.4 Å². The summed E-state index contributed by atoms with van der Waals surface area (Å²) >= 11 is 0. The molecule has 2 fully saturated rings. The summed E-state index contributed by atoms with van der Waals surface area (Å²) in [6, 6.07) is 19.8. The summed E-state index contributed by atoms with van der Waals surface area (Å²) in [6.07, 6.45) is 1.80. The van der Waals surface area contributed by atoms with Gasteiger partial charge in [0.2, 0.25) is 11.9 Å². The van der Waals surface area contributed by atoms with Gasteiger partial charge >= 0.3 is 0 Å². The number of nitrogens with zero attached hydrogens (tertiary/aromatic N) is 5. The Bertz CT molecular complexity index is 1490. The number of fused-ring (bicyclic) bond motifs is 1. The normalized spacial score (nSPS) is 22.2. The first-order valence-electron chi connectivity index (χ1n) is 15.2. The van der Waals surface area contributed by atoms with Gasteiger partial charge in [0.05, 0.1) is 18.4 Å². The second kappa shape index (κ2) is 13.9. The molecule has 44 heavy (non-hydrogen) atoms. The summed E-state index contributed by atoms with van der Waals surface area (Å²) in [4.78, 5) is 28.8. The summed E-state index contributed by atoms with van der Waals surface area (Å²) in [5.74, 6) is 1.08. The number of aliphatic hydroxyl groups is 2. The lowest BCUT2D eigenvalue weighted by Gasteiger charge is -2.30. The second-order valence-corrected chi connectivity index (χ2v) is 11.6. The third-order valence-corrected chi connectivity index (χ3v) is 8.79. The van der Waals surface area contributed by atoms with Gasteiger partial charge in [0.25, 0.3) is 0 Å². The minimum absolute atomic E-state index is 0. The van der Waals surface area contributed by atoms with Crippen molar-refractivity contribution in [3.63, 3.8) is 0 Å². The molecule has 0 bridgehead atoms. The summed E-state index contributed by atoms with van der Waals surface area (Å²) in [6.45, 7) is 3.82. The molecule has 2 aromatic carbocycles. The maximum Gasteiger partial charge on any atom is 0.229 e. The molecule has 1 saturated heterocycles. The van der Waals surface area contributed by atoms with Crippen LogP contribution >= 0.6 is 12.4 Å².